The van der Waals surface area contributed by atoms with E-state index in [1.807, 2.05) is 6.07 Å². The predicted molar refractivity (Wildman–Crippen MR) is 195 cm³/mol. The Bertz CT molecular complexity index is 2200. The molecule has 272 valence electrons. The van der Waals surface area contributed by atoms with Crippen LogP contribution in [0.5, 0.6) is 0 Å². The minimum atomic E-state index is -0.970. The van der Waals surface area contributed by atoms with Crippen LogP contribution in [0.1, 0.15) is 67.9 Å². The average molecular weight is 718 g/mol. The minimum Gasteiger partial charge on any atom is -0.368 e. The molecule has 3 saturated heterocycles. The highest BCUT2D eigenvalue weighted by Crippen LogP contribution is 2.36. The number of carbonyl (C=O) groups excluding carboxylic acids is 5. The van der Waals surface area contributed by atoms with Crippen molar-refractivity contribution in [3.05, 3.63) is 88.2 Å². The molecule has 1 aromatic heterocycles. The van der Waals surface area contributed by atoms with E-state index in [0.717, 1.165) is 78.4 Å². The van der Waals surface area contributed by atoms with Gasteiger partial charge in [-0.3, -0.25) is 44.0 Å². The van der Waals surface area contributed by atoms with Crippen LogP contribution in [0.4, 0.5) is 10.1 Å². The molecule has 5 aliphatic heterocycles. The molecule has 5 aliphatic rings. The van der Waals surface area contributed by atoms with Gasteiger partial charge in [0.25, 0.3) is 17.7 Å². The summed E-state index contributed by atoms with van der Waals surface area (Å²) in [4.78, 5) is 74.6. The summed E-state index contributed by atoms with van der Waals surface area (Å²) < 4.78 is 14.3. The Labute approximate surface area is 305 Å². The summed E-state index contributed by atoms with van der Waals surface area (Å²) >= 11 is 0. The van der Waals surface area contributed by atoms with Gasteiger partial charge in [-0.05, 0) is 79.8 Å². The van der Waals surface area contributed by atoms with Crippen LogP contribution < -0.4 is 15.5 Å². The number of nitrogens with zero attached hydrogens (tertiary/aromatic N) is 4. The van der Waals surface area contributed by atoms with Crippen LogP contribution in [0.3, 0.4) is 0 Å². The molecule has 3 fully saturated rings. The summed E-state index contributed by atoms with van der Waals surface area (Å²) in [5.41, 5.74) is 6.71. The van der Waals surface area contributed by atoms with Crippen LogP contribution in [-0.2, 0) is 22.6 Å². The summed E-state index contributed by atoms with van der Waals surface area (Å²) in [6, 6.07) is 16.5. The van der Waals surface area contributed by atoms with E-state index in [2.05, 4.69) is 61.6 Å². The van der Waals surface area contributed by atoms with Crippen molar-refractivity contribution >= 4 is 46.1 Å². The lowest BCUT2D eigenvalue weighted by Gasteiger charge is -2.49. The highest BCUT2D eigenvalue weighted by molar-refractivity contribution is 6.23. The molecular formula is C40H40FN7O5. The van der Waals surface area contributed by atoms with Gasteiger partial charge < -0.3 is 15.2 Å². The third-order valence-corrected chi connectivity index (χ3v) is 11.8. The number of piperidine rings is 2. The standard InChI is InChI=1S/C40H40FN7O5/c1-45(19-22-2-4-23(5-3-22)36-29-10-13-42-37(50)31-16-24(41)17-32(43-36)35(29)31)25-11-14-46(15-12-25)27-20-47(21-27)26-6-7-28-30(18-26)40(53)48(39(28)52)33-8-9-34(49)44-38(33)51/h2-7,16-18,25,27,33,43H,8-15,19-21H2,1H3,(H,42,50)(H,44,49,51). The van der Waals surface area contributed by atoms with E-state index in [-0.39, 0.29) is 18.7 Å². The van der Waals surface area contributed by atoms with Crippen LogP contribution in [0.25, 0.3) is 22.2 Å². The second-order valence-electron chi connectivity index (χ2n) is 15.0. The zero-order chi connectivity index (χ0) is 36.5. The molecule has 4 aromatic rings. The van der Waals surface area contributed by atoms with Gasteiger partial charge in [-0.15, -0.1) is 0 Å². The number of aromatic amines is 1. The van der Waals surface area contributed by atoms with Crippen molar-refractivity contribution in [2.75, 3.05) is 44.7 Å². The van der Waals surface area contributed by atoms with Gasteiger partial charge in [0.1, 0.15) is 11.9 Å². The second kappa shape index (κ2) is 12.9. The molecule has 1 atom stereocenters. The molecule has 1 unspecified atom stereocenters. The number of nitrogens with one attached hydrogen (secondary N) is 3. The lowest BCUT2D eigenvalue weighted by Crippen LogP contribution is -2.61. The van der Waals surface area contributed by atoms with Crippen molar-refractivity contribution in [3.8, 4) is 11.3 Å². The molecular weight excluding hydrogens is 677 g/mol. The van der Waals surface area contributed by atoms with Gasteiger partial charge in [-0.25, -0.2) is 4.39 Å². The number of anilines is 1. The maximum absolute atomic E-state index is 14.3. The van der Waals surface area contributed by atoms with Gasteiger partial charge in [0, 0.05) is 80.1 Å². The SMILES string of the molecule is CN(Cc1ccc(-c2[nH]c3cc(F)cc4c3c2CCNC4=O)cc1)C1CCN(C2CN(c3ccc4c(c3)C(=O)N(C3CCC(=O)NC3=O)C4=O)C2)CC1. The lowest BCUT2D eigenvalue weighted by atomic mass is 9.97. The lowest BCUT2D eigenvalue weighted by molar-refractivity contribution is -0.136. The van der Waals surface area contributed by atoms with Gasteiger partial charge in [-0.2, -0.15) is 0 Å². The molecule has 53 heavy (non-hydrogen) atoms. The molecule has 0 radical (unpaired) electrons. The summed E-state index contributed by atoms with van der Waals surface area (Å²) in [5.74, 6) is -2.64. The number of halogens is 1. The maximum Gasteiger partial charge on any atom is 0.262 e. The fraction of sp³-hybridized carbons (Fsp3) is 0.375. The fourth-order valence-corrected chi connectivity index (χ4v) is 8.88. The summed E-state index contributed by atoms with van der Waals surface area (Å²) in [5, 5.41) is 5.93. The Kier molecular flexibility index (Phi) is 8.15. The number of imide groups is 2. The first-order chi connectivity index (χ1) is 25.6. The third-order valence-electron chi connectivity index (χ3n) is 11.8. The topological polar surface area (TPSA) is 138 Å². The van der Waals surface area contributed by atoms with E-state index in [1.165, 1.54) is 17.7 Å². The number of carbonyl (C=O) groups is 5. The smallest absolute Gasteiger partial charge is 0.262 e. The number of benzene rings is 3. The number of amides is 5. The highest BCUT2D eigenvalue weighted by Gasteiger charge is 2.45. The summed E-state index contributed by atoms with van der Waals surface area (Å²) in [7, 11) is 2.19. The quantitative estimate of drug-likeness (QED) is 0.248. The van der Waals surface area contributed by atoms with E-state index in [0.29, 0.717) is 47.3 Å². The maximum atomic E-state index is 14.3. The van der Waals surface area contributed by atoms with Gasteiger partial charge >= 0.3 is 0 Å². The van der Waals surface area contributed by atoms with Crippen LogP contribution in [0.15, 0.2) is 54.6 Å². The third kappa shape index (κ3) is 5.78. The Morgan fingerprint density at radius 2 is 1.60 bits per heavy atom. The Hall–Kier alpha value is -5.40. The van der Waals surface area contributed by atoms with E-state index >= 15 is 0 Å². The molecule has 3 N–H and O–H groups in total. The number of rotatable bonds is 7. The predicted octanol–water partition coefficient (Wildman–Crippen LogP) is 3.45. The van der Waals surface area contributed by atoms with Gasteiger partial charge in [0.05, 0.1) is 16.7 Å². The molecule has 9 rings (SSSR count). The molecule has 0 aliphatic carbocycles. The van der Waals surface area contributed by atoms with Crippen molar-refractivity contribution in [3.63, 3.8) is 0 Å². The number of aromatic nitrogens is 1. The van der Waals surface area contributed by atoms with Crippen LogP contribution in [-0.4, -0.2) is 107 Å². The summed E-state index contributed by atoms with van der Waals surface area (Å²) in [6.07, 6.45) is 3.04. The zero-order valence-electron chi connectivity index (χ0n) is 29.4. The van der Waals surface area contributed by atoms with Crippen molar-refractivity contribution in [1.82, 2.24) is 30.3 Å². The molecule has 0 saturated carbocycles. The first-order valence-electron chi connectivity index (χ1n) is 18.4. The summed E-state index contributed by atoms with van der Waals surface area (Å²) in [6.45, 7) is 5.03. The van der Waals surface area contributed by atoms with E-state index in [1.54, 1.807) is 12.1 Å². The number of hydrogen-bond donors (Lipinski definition) is 3. The largest absolute Gasteiger partial charge is 0.368 e. The second-order valence-corrected chi connectivity index (χ2v) is 15.0. The highest BCUT2D eigenvalue weighted by atomic mass is 19.1. The normalized spacial score (nSPS) is 21.3. The van der Waals surface area contributed by atoms with Crippen molar-refractivity contribution < 1.29 is 28.4 Å². The molecule has 12 nitrogen and oxygen atoms in total. The number of H-pyrrole nitrogens is 1. The van der Waals surface area contributed by atoms with E-state index in [4.69, 9.17) is 0 Å². The number of hydrogen-bond acceptors (Lipinski definition) is 8. The molecule has 0 bridgehead atoms. The van der Waals surface area contributed by atoms with Crippen LogP contribution in [0.2, 0.25) is 0 Å². The van der Waals surface area contributed by atoms with Crippen molar-refractivity contribution in [1.29, 1.82) is 0 Å². The monoisotopic (exact) mass is 717 g/mol. The Morgan fingerprint density at radius 3 is 2.36 bits per heavy atom. The van der Waals surface area contributed by atoms with Crippen LogP contribution in [0, 0.1) is 5.82 Å². The fourth-order valence-electron chi connectivity index (χ4n) is 8.88. The molecule has 13 heteroatoms. The van der Waals surface area contributed by atoms with E-state index in [9.17, 15) is 28.4 Å². The van der Waals surface area contributed by atoms with Crippen molar-refractivity contribution in [2.24, 2.45) is 0 Å². The molecule has 3 aromatic carbocycles. The zero-order valence-corrected chi connectivity index (χ0v) is 29.4. The van der Waals surface area contributed by atoms with Gasteiger partial charge in [-0.1, -0.05) is 24.3 Å². The Balaban J connectivity index is 0.785. The molecule has 0 spiro atoms. The molecule has 6 heterocycles. The Morgan fingerprint density at radius 1 is 0.849 bits per heavy atom. The first kappa shape index (κ1) is 33.4. The first-order valence-corrected chi connectivity index (χ1v) is 18.4. The van der Waals surface area contributed by atoms with E-state index < -0.39 is 35.5 Å². The minimum absolute atomic E-state index is 0.0932. The average Bonchev–Trinajstić information content (AvgIpc) is 3.54. The van der Waals surface area contributed by atoms with Crippen molar-refractivity contribution in [2.45, 2.75) is 56.8 Å². The number of fused-ring (bicyclic) bond motifs is 1. The molecule has 5 amide bonds. The van der Waals surface area contributed by atoms with Crippen LogP contribution >= 0.6 is 0 Å². The van der Waals surface area contributed by atoms with Gasteiger partial charge in [0.15, 0.2) is 0 Å². The van der Waals surface area contributed by atoms with Gasteiger partial charge in [0.2, 0.25) is 11.8 Å². The number of likely N-dealkylation sites (tertiary alicyclic amines) is 1.